The van der Waals surface area contributed by atoms with Crippen molar-refractivity contribution in [2.75, 3.05) is 6.61 Å². The van der Waals surface area contributed by atoms with E-state index in [0.29, 0.717) is 10.0 Å². The van der Waals surface area contributed by atoms with Gasteiger partial charge < -0.3 is 8.92 Å². The Morgan fingerprint density at radius 2 is 1.78 bits per heavy atom. The smallest absolute Gasteiger partial charge is 0.340 e. The van der Waals surface area contributed by atoms with Crippen LogP contribution in [0.3, 0.4) is 0 Å². The highest BCUT2D eigenvalue weighted by molar-refractivity contribution is 9.10. The molecule has 5 nitrogen and oxygen atoms in total. The standard InChI is InChI=1S/C16H15BrO5S/c1-3-21-16(18)12-5-7-13(8-6-12)22-23(19,20)15-9-4-11(2)10-14(15)17/h4-10H,3H2,1-2H3. The Morgan fingerprint density at radius 1 is 1.13 bits per heavy atom. The number of esters is 1. The maximum Gasteiger partial charge on any atom is 0.340 e. The van der Waals surface area contributed by atoms with Crippen LogP contribution in [-0.4, -0.2) is 21.0 Å². The lowest BCUT2D eigenvalue weighted by Crippen LogP contribution is -2.11. The normalized spacial score (nSPS) is 11.1. The Kier molecular flexibility index (Phi) is 5.43. The molecular weight excluding hydrogens is 384 g/mol. The van der Waals surface area contributed by atoms with Gasteiger partial charge in [0.05, 0.1) is 12.2 Å². The molecule has 2 aromatic rings. The minimum absolute atomic E-state index is 0.0394. The zero-order valence-corrected chi connectivity index (χ0v) is 15.0. The molecule has 0 aliphatic carbocycles. The van der Waals surface area contributed by atoms with E-state index in [2.05, 4.69) is 15.9 Å². The molecule has 0 spiro atoms. The first-order valence-corrected chi connectivity index (χ1v) is 9.01. The van der Waals surface area contributed by atoms with Crippen LogP contribution in [0, 0.1) is 6.92 Å². The average molecular weight is 399 g/mol. The van der Waals surface area contributed by atoms with Gasteiger partial charge in [-0.15, -0.1) is 0 Å². The predicted octanol–water partition coefficient (Wildman–Crippen LogP) is 3.70. The molecule has 2 rings (SSSR count). The second kappa shape index (κ2) is 7.14. The minimum Gasteiger partial charge on any atom is -0.462 e. The molecule has 7 heteroatoms. The van der Waals surface area contributed by atoms with E-state index in [-0.39, 0.29) is 17.3 Å². The summed E-state index contributed by atoms with van der Waals surface area (Å²) >= 11 is 3.22. The molecule has 122 valence electrons. The van der Waals surface area contributed by atoms with Crippen molar-refractivity contribution in [2.24, 2.45) is 0 Å². The molecule has 0 N–H and O–H groups in total. The molecule has 0 atom stereocenters. The Balaban J connectivity index is 2.22. The van der Waals surface area contributed by atoms with E-state index in [1.807, 2.05) is 6.92 Å². The van der Waals surface area contributed by atoms with Gasteiger partial charge in [-0.3, -0.25) is 0 Å². The van der Waals surface area contributed by atoms with Gasteiger partial charge >= 0.3 is 16.1 Å². The summed E-state index contributed by atoms with van der Waals surface area (Å²) in [5, 5.41) is 0. The van der Waals surface area contributed by atoms with Crippen molar-refractivity contribution < 1.29 is 22.1 Å². The van der Waals surface area contributed by atoms with Crippen molar-refractivity contribution in [2.45, 2.75) is 18.7 Å². The number of hydrogen-bond acceptors (Lipinski definition) is 5. The Morgan fingerprint density at radius 3 is 2.35 bits per heavy atom. The number of aryl methyl sites for hydroxylation is 1. The fraction of sp³-hybridized carbons (Fsp3) is 0.188. The summed E-state index contributed by atoms with van der Waals surface area (Å²) in [6.45, 7) is 3.84. The van der Waals surface area contributed by atoms with Gasteiger partial charge in [0.15, 0.2) is 0 Å². The quantitative estimate of drug-likeness (QED) is 0.567. The van der Waals surface area contributed by atoms with Crippen molar-refractivity contribution >= 4 is 32.0 Å². The second-order valence-corrected chi connectivity index (χ2v) is 7.09. The molecule has 23 heavy (non-hydrogen) atoms. The van der Waals surface area contributed by atoms with Gasteiger partial charge in [-0.1, -0.05) is 6.07 Å². The lowest BCUT2D eigenvalue weighted by molar-refractivity contribution is 0.0526. The Hall–Kier alpha value is -1.86. The van der Waals surface area contributed by atoms with E-state index in [9.17, 15) is 13.2 Å². The molecule has 0 bridgehead atoms. The van der Waals surface area contributed by atoms with E-state index < -0.39 is 16.1 Å². The van der Waals surface area contributed by atoms with Gasteiger partial charge in [0.1, 0.15) is 10.6 Å². The van der Waals surface area contributed by atoms with E-state index in [0.717, 1.165) is 5.56 Å². The summed E-state index contributed by atoms with van der Waals surface area (Å²) in [7, 11) is -3.97. The van der Waals surface area contributed by atoms with E-state index >= 15 is 0 Å². The zero-order chi connectivity index (χ0) is 17.0. The van der Waals surface area contributed by atoms with Crippen LogP contribution < -0.4 is 4.18 Å². The third kappa shape index (κ3) is 4.33. The number of benzene rings is 2. The predicted molar refractivity (Wildman–Crippen MR) is 89.1 cm³/mol. The first-order chi connectivity index (χ1) is 10.8. The highest BCUT2D eigenvalue weighted by Gasteiger charge is 2.20. The molecular formula is C16H15BrO5S. The van der Waals surface area contributed by atoms with Gasteiger partial charge in [-0.2, -0.15) is 8.42 Å². The summed E-state index contributed by atoms with van der Waals surface area (Å²) in [6.07, 6.45) is 0. The van der Waals surface area contributed by atoms with Crippen molar-refractivity contribution in [3.8, 4) is 5.75 Å². The molecule has 0 radical (unpaired) electrons. The third-order valence-electron chi connectivity index (χ3n) is 2.93. The van der Waals surface area contributed by atoms with Gasteiger partial charge in [0.2, 0.25) is 0 Å². The molecule has 0 saturated heterocycles. The monoisotopic (exact) mass is 398 g/mol. The highest BCUT2D eigenvalue weighted by Crippen LogP contribution is 2.26. The third-order valence-corrected chi connectivity index (χ3v) is 5.15. The van der Waals surface area contributed by atoms with Crippen molar-refractivity contribution in [1.29, 1.82) is 0 Å². The minimum atomic E-state index is -3.97. The molecule has 0 heterocycles. The summed E-state index contributed by atoms with van der Waals surface area (Å²) in [5.74, 6) is -0.353. The zero-order valence-electron chi connectivity index (χ0n) is 12.6. The topological polar surface area (TPSA) is 69.7 Å². The molecule has 0 amide bonds. The van der Waals surface area contributed by atoms with E-state index in [1.54, 1.807) is 19.1 Å². The maximum atomic E-state index is 12.3. The molecule has 0 fully saturated rings. The number of carbonyl (C=O) groups excluding carboxylic acids is 1. The van der Waals surface area contributed by atoms with Gasteiger partial charge in [0, 0.05) is 4.47 Å². The Bertz CT molecular complexity index is 813. The van der Waals surface area contributed by atoms with Crippen LogP contribution in [0.4, 0.5) is 0 Å². The van der Waals surface area contributed by atoms with Crippen LogP contribution in [0.25, 0.3) is 0 Å². The lowest BCUT2D eigenvalue weighted by atomic mass is 10.2. The molecule has 2 aromatic carbocycles. The SMILES string of the molecule is CCOC(=O)c1ccc(OS(=O)(=O)c2ccc(C)cc2Br)cc1. The van der Waals surface area contributed by atoms with Crippen LogP contribution in [0.5, 0.6) is 5.75 Å². The molecule has 0 unspecified atom stereocenters. The fourth-order valence-corrected chi connectivity index (χ4v) is 3.92. The van der Waals surface area contributed by atoms with Crippen LogP contribution in [0.15, 0.2) is 51.8 Å². The van der Waals surface area contributed by atoms with Gasteiger partial charge in [-0.05, 0) is 71.7 Å². The largest absolute Gasteiger partial charge is 0.462 e. The van der Waals surface area contributed by atoms with Crippen LogP contribution in [0.1, 0.15) is 22.8 Å². The van der Waals surface area contributed by atoms with Gasteiger partial charge in [0.25, 0.3) is 0 Å². The lowest BCUT2D eigenvalue weighted by Gasteiger charge is -2.09. The number of carbonyl (C=O) groups is 1. The summed E-state index contributed by atoms with van der Waals surface area (Å²) in [5.41, 5.74) is 1.25. The summed E-state index contributed by atoms with van der Waals surface area (Å²) in [4.78, 5) is 11.6. The Labute approximate surface area is 143 Å². The fourth-order valence-electron chi connectivity index (χ4n) is 1.84. The van der Waals surface area contributed by atoms with E-state index in [1.165, 1.54) is 30.3 Å². The van der Waals surface area contributed by atoms with Crippen LogP contribution in [0.2, 0.25) is 0 Å². The van der Waals surface area contributed by atoms with Crippen LogP contribution in [-0.2, 0) is 14.9 Å². The highest BCUT2D eigenvalue weighted by atomic mass is 79.9. The first-order valence-electron chi connectivity index (χ1n) is 6.81. The number of hydrogen-bond donors (Lipinski definition) is 0. The molecule has 0 saturated carbocycles. The summed E-state index contributed by atoms with van der Waals surface area (Å²) in [6, 6.07) is 10.6. The molecule has 0 aromatic heterocycles. The first kappa shape index (κ1) is 17.5. The number of ether oxygens (including phenoxy) is 1. The van der Waals surface area contributed by atoms with E-state index in [4.69, 9.17) is 8.92 Å². The van der Waals surface area contributed by atoms with Crippen LogP contribution >= 0.6 is 15.9 Å². The van der Waals surface area contributed by atoms with Crippen molar-refractivity contribution in [3.63, 3.8) is 0 Å². The van der Waals surface area contributed by atoms with Crippen molar-refractivity contribution in [1.82, 2.24) is 0 Å². The number of rotatable bonds is 5. The van der Waals surface area contributed by atoms with Gasteiger partial charge in [-0.25, -0.2) is 4.79 Å². The molecule has 0 aliphatic heterocycles. The summed E-state index contributed by atoms with van der Waals surface area (Å²) < 4.78 is 35.0. The number of halogens is 1. The van der Waals surface area contributed by atoms with Crippen molar-refractivity contribution in [3.05, 3.63) is 58.1 Å². The maximum absolute atomic E-state index is 12.3. The average Bonchev–Trinajstić information content (AvgIpc) is 2.47. The second-order valence-electron chi connectivity index (χ2n) is 4.72. The molecule has 0 aliphatic rings.